The first-order valence-corrected chi connectivity index (χ1v) is 22.3. The summed E-state index contributed by atoms with van der Waals surface area (Å²) < 4.78 is 7.53. The maximum absolute atomic E-state index is 2.55. The van der Waals surface area contributed by atoms with E-state index in [0.717, 1.165) is 17.1 Å². The standard InChI is InChI=1S/C61H37N3/c1-9-25-50-40(17-1)41-18-2-10-26-51(41)61(50)52-27-11-3-19-42(52)48-35-38(33-34-53(48)61)63-56-30-14-8-24-47(56)49-36-39(62-54-28-12-4-20-43(54)44-21-5-13-29-55(44)62)37-59(60(49)63)64-57-31-15-6-22-45(57)46-23-7-16-32-58(46)64/h1-37H. The van der Waals surface area contributed by atoms with Crippen molar-refractivity contribution < 1.29 is 0 Å². The lowest BCUT2D eigenvalue weighted by Gasteiger charge is -2.30. The van der Waals surface area contributed by atoms with Gasteiger partial charge in [-0.05, 0) is 99.1 Å². The molecular formula is C61H37N3. The van der Waals surface area contributed by atoms with E-state index in [1.165, 1.54) is 110 Å². The molecular weight excluding hydrogens is 775 g/mol. The minimum Gasteiger partial charge on any atom is -0.309 e. The van der Waals surface area contributed by atoms with E-state index >= 15 is 0 Å². The highest BCUT2D eigenvalue weighted by Crippen LogP contribution is 2.63. The highest BCUT2D eigenvalue weighted by atomic mass is 15.1. The summed E-state index contributed by atoms with van der Waals surface area (Å²) in [7, 11) is 0. The van der Waals surface area contributed by atoms with Crippen molar-refractivity contribution in [2.75, 3.05) is 0 Å². The molecule has 0 N–H and O–H groups in total. The molecule has 0 bridgehead atoms. The van der Waals surface area contributed by atoms with Crippen LogP contribution in [0, 0.1) is 0 Å². The average molecular weight is 812 g/mol. The van der Waals surface area contributed by atoms with Crippen molar-refractivity contribution in [1.29, 1.82) is 0 Å². The predicted molar refractivity (Wildman–Crippen MR) is 266 cm³/mol. The zero-order chi connectivity index (χ0) is 41.7. The third-order valence-corrected chi connectivity index (χ3v) is 14.6. The predicted octanol–water partition coefficient (Wildman–Crippen LogP) is 15.3. The van der Waals surface area contributed by atoms with Gasteiger partial charge in [0.1, 0.15) is 0 Å². The molecule has 0 saturated carbocycles. The van der Waals surface area contributed by atoms with E-state index in [0.29, 0.717) is 0 Å². The quantitative estimate of drug-likeness (QED) is 0.169. The molecule has 1 spiro atoms. The molecule has 0 aliphatic heterocycles. The number of benzene rings is 10. The Labute approximate surface area is 368 Å². The molecule has 2 aliphatic carbocycles. The van der Waals surface area contributed by atoms with Gasteiger partial charge in [0, 0.05) is 43.7 Å². The van der Waals surface area contributed by atoms with Gasteiger partial charge in [-0.2, -0.15) is 0 Å². The second-order valence-corrected chi connectivity index (χ2v) is 17.6. The number of aromatic nitrogens is 3. The molecule has 13 aromatic rings. The third kappa shape index (κ3) is 4.17. The Morgan fingerprint density at radius 1 is 0.250 bits per heavy atom. The molecule has 0 radical (unpaired) electrons. The van der Waals surface area contributed by atoms with Gasteiger partial charge in [-0.15, -0.1) is 0 Å². The van der Waals surface area contributed by atoms with Gasteiger partial charge in [-0.3, -0.25) is 0 Å². The maximum atomic E-state index is 2.55. The normalized spacial score (nSPS) is 13.4. The van der Waals surface area contributed by atoms with Gasteiger partial charge in [-0.1, -0.05) is 170 Å². The zero-order valence-corrected chi connectivity index (χ0v) is 34.7. The molecule has 0 unspecified atom stereocenters. The summed E-state index contributed by atoms with van der Waals surface area (Å²) in [4.78, 5) is 0. The molecule has 3 heterocycles. The van der Waals surface area contributed by atoms with Crippen LogP contribution in [0.15, 0.2) is 224 Å². The molecule has 64 heavy (non-hydrogen) atoms. The fourth-order valence-electron chi connectivity index (χ4n) is 12.2. The summed E-state index contributed by atoms with van der Waals surface area (Å²) in [5, 5.41) is 7.42. The van der Waals surface area contributed by atoms with Crippen LogP contribution in [-0.4, -0.2) is 13.7 Å². The monoisotopic (exact) mass is 811 g/mol. The van der Waals surface area contributed by atoms with Crippen molar-refractivity contribution in [1.82, 2.24) is 13.7 Å². The number of hydrogen-bond acceptors (Lipinski definition) is 0. The SMILES string of the molecule is c1ccc2c(c1)-c1ccccc1C21c2ccccc2-c2cc(-n3c4ccccc4c4cc(-n5c6ccccc6c6ccccc65)cc(-n5c6ccccc6c6ccccc65)c43)ccc21. The largest absolute Gasteiger partial charge is 0.309 e. The van der Waals surface area contributed by atoms with Crippen molar-refractivity contribution in [2.24, 2.45) is 0 Å². The van der Waals surface area contributed by atoms with E-state index in [-0.39, 0.29) is 0 Å². The molecule has 3 nitrogen and oxygen atoms in total. The van der Waals surface area contributed by atoms with Crippen molar-refractivity contribution >= 4 is 65.4 Å². The summed E-state index contributed by atoms with van der Waals surface area (Å²) in [6, 6.07) is 83.9. The van der Waals surface area contributed by atoms with Crippen LogP contribution in [0.1, 0.15) is 22.3 Å². The van der Waals surface area contributed by atoms with Gasteiger partial charge in [0.2, 0.25) is 0 Å². The average Bonchev–Trinajstić information content (AvgIpc) is 4.14. The van der Waals surface area contributed by atoms with Gasteiger partial charge >= 0.3 is 0 Å². The molecule has 3 aromatic heterocycles. The van der Waals surface area contributed by atoms with Crippen LogP contribution in [0.5, 0.6) is 0 Å². The highest BCUT2D eigenvalue weighted by Gasteiger charge is 2.51. The van der Waals surface area contributed by atoms with Gasteiger partial charge in [-0.25, -0.2) is 0 Å². The summed E-state index contributed by atoms with van der Waals surface area (Å²) in [6.45, 7) is 0. The van der Waals surface area contributed by atoms with Crippen LogP contribution in [0.2, 0.25) is 0 Å². The van der Waals surface area contributed by atoms with Crippen LogP contribution < -0.4 is 0 Å². The molecule has 2 aliphatic rings. The van der Waals surface area contributed by atoms with Crippen LogP contribution in [-0.2, 0) is 5.41 Å². The smallest absolute Gasteiger partial charge is 0.0784 e. The number of nitrogens with zero attached hydrogens (tertiary/aromatic N) is 3. The topological polar surface area (TPSA) is 14.8 Å². The highest BCUT2D eigenvalue weighted by molar-refractivity contribution is 6.17. The number of para-hydroxylation sites is 5. The van der Waals surface area contributed by atoms with Crippen LogP contribution in [0.25, 0.3) is 105 Å². The molecule has 0 atom stereocenters. The minimum atomic E-state index is -0.399. The molecule has 10 aromatic carbocycles. The van der Waals surface area contributed by atoms with E-state index in [9.17, 15) is 0 Å². The Bertz CT molecular complexity index is 4000. The molecule has 15 rings (SSSR count). The molecule has 296 valence electrons. The summed E-state index contributed by atoms with van der Waals surface area (Å²) in [6.07, 6.45) is 0. The lowest BCUT2D eigenvalue weighted by molar-refractivity contribution is 0.793. The second-order valence-electron chi connectivity index (χ2n) is 17.6. The van der Waals surface area contributed by atoms with Gasteiger partial charge in [0.25, 0.3) is 0 Å². The van der Waals surface area contributed by atoms with Crippen LogP contribution >= 0.6 is 0 Å². The Balaban J connectivity index is 1.09. The Morgan fingerprint density at radius 3 is 1.12 bits per heavy atom. The Morgan fingerprint density at radius 2 is 0.625 bits per heavy atom. The summed E-state index contributed by atoms with van der Waals surface area (Å²) in [5.41, 5.74) is 20.8. The van der Waals surface area contributed by atoms with E-state index in [2.05, 4.69) is 238 Å². The van der Waals surface area contributed by atoms with Crippen LogP contribution in [0.4, 0.5) is 0 Å². The summed E-state index contributed by atoms with van der Waals surface area (Å²) >= 11 is 0. The third-order valence-electron chi connectivity index (χ3n) is 14.6. The van der Waals surface area contributed by atoms with Crippen molar-refractivity contribution in [3.63, 3.8) is 0 Å². The van der Waals surface area contributed by atoms with Crippen molar-refractivity contribution in [3.8, 4) is 39.3 Å². The van der Waals surface area contributed by atoms with E-state index in [1.54, 1.807) is 0 Å². The van der Waals surface area contributed by atoms with Gasteiger partial charge < -0.3 is 13.7 Å². The Hall–Kier alpha value is -8.40. The first-order chi connectivity index (χ1) is 31.8. The fourth-order valence-corrected chi connectivity index (χ4v) is 12.2. The zero-order valence-electron chi connectivity index (χ0n) is 34.7. The first kappa shape index (κ1) is 34.2. The molecule has 0 saturated heterocycles. The van der Waals surface area contributed by atoms with E-state index in [1.807, 2.05) is 0 Å². The molecule has 3 heteroatoms. The summed E-state index contributed by atoms with van der Waals surface area (Å²) in [5.74, 6) is 0. The fraction of sp³-hybridized carbons (Fsp3) is 0.0164. The lowest BCUT2D eigenvalue weighted by Crippen LogP contribution is -2.25. The minimum absolute atomic E-state index is 0.399. The molecule has 0 amide bonds. The number of hydrogen-bond donors (Lipinski definition) is 0. The molecule has 0 fully saturated rings. The van der Waals surface area contributed by atoms with Crippen LogP contribution in [0.3, 0.4) is 0 Å². The Kier molecular flexibility index (Phi) is 6.61. The van der Waals surface area contributed by atoms with Gasteiger partial charge in [0.05, 0.1) is 44.2 Å². The number of fused-ring (bicyclic) bond motifs is 19. The van der Waals surface area contributed by atoms with Crippen molar-refractivity contribution in [2.45, 2.75) is 5.41 Å². The number of rotatable bonds is 3. The second kappa shape index (κ2) is 12.4. The first-order valence-electron chi connectivity index (χ1n) is 22.3. The van der Waals surface area contributed by atoms with E-state index < -0.39 is 5.41 Å². The van der Waals surface area contributed by atoms with Crippen molar-refractivity contribution in [3.05, 3.63) is 247 Å². The van der Waals surface area contributed by atoms with E-state index in [4.69, 9.17) is 0 Å². The maximum Gasteiger partial charge on any atom is 0.0784 e. The van der Waals surface area contributed by atoms with Gasteiger partial charge in [0.15, 0.2) is 0 Å². The lowest BCUT2D eigenvalue weighted by atomic mass is 9.70.